The molecule has 2 aromatic rings. The number of hydrogen-bond donors (Lipinski definition) is 3. The predicted octanol–water partition coefficient (Wildman–Crippen LogP) is 1.01. The van der Waals surface area contributed by atoms with Gasteiger partial charge < -0.3 is 10.6 Å². The van der Waals surface area contributed by atoms with Gasteiger partial charge in [-0.15, -0.1) is 0 Å². The topological polar surface area (TPSA) is 124 Å². The van der Waals surface area contributed by atoms with E-state index in [0.29, 0.717) is 31.0 Å². The second kappa shape index (κ2) is 8.48. The van der Waals surface area contributed by atoms with E-state index in [1.807, 2.05) is 12.3 Å². The van der Waals surface area contributed by atoms with Gasteiger partial charge in [-0.3, -0.25) is 29.7 Å². The number of likely N-dealkylation sites (tertiary alicyclic amines) is 1. The Morgan fingerprint density at radius 2 is 1.94 bits per heavy atom. The van der Waals surface area contributed by atoms with Crippen molar-refractivity contribution in [2.45, 2.75) is 57.3 Å². The minimum Gasteiger partial charge on any atom is -0.325 e. The minimum atomic E-state index is -0.569. The number of benzene rings is 1. The number of hydrogen-bond acceptors (Lipinski definition) is 6. The molecule has 1 atom stereocenters. The van der Waals surface area contributed by atoms with Crippen molar-refractivity contribution < 1.29 is 14.4 Å². The van der Waals surface area contributed by atoms with Crippen LogP contribution >= 0.6 is 0 Å². The second-order valence-corrected chi connectivity index (χ2v) is 8.94. The van der Waals surface area contributed by atoms with Gasteiger partial charge in [-0.05, 0) is 55.5 Å². The highest BCUT2D eigenvalue weighted by Crippen LogP contribution is 2.34. The van der Waals surface area contributed by atoms with Crippen molar-refractivity contribution in [1.82, 2.24) is 25.3 Å². The summed E-state index contributed by atoms with van der Waals surface area (Å²) in [6.07, 6.45) is 4.63. The van der Waals surface area contributed by atoms with Gasteiger partial charge in [0.1, 0.15) is 6.04 Å². The van der Waals surface area contributed by atoms with Crippen molar-refractivity contribution in [1.29, 1.82) is 0 Å². The van der Waals surface area contributed by atoms with Crippen LogP contribution in [0.15, 0.2) is 24.4 Å². The minimum absolute atomic E-state index is 0.119. The van der Waals surface area contributed by atoms with Crippen LogP contribution in [-0.4, -0.2) is 56.9 Å². The number of amides is 3. The van der Waals surface area contributed by atoms with Gasteiger partial charge in [0.25, 0.3) is 5.91 Å². The number of imide groups is 1. The molecule has 9 nitrogen and oxygen atoms in total. The molecule has 5 rings (SSSR count). The number of rotatable bonds is 5. The summed E-state index contributed by atoms with van der Waals surface area (Å²) >= 11 is 0. The fourth-order valence-corrected chi connectivity index (χ4v) is 5.16. The van der Waals surface area contributed by atoms with E-state index in [0.717, 1.165) is 49.3 Å². The Balaban J connectivity index is 1.23. The van der Waals surface area contributed by atoms with Crippen molar-refractivity contribution in [3.8, 4) is 0 Å². The monoisotopic (exact) mass is 436 g/mol. The molecule has 0 aliphatic carbocycles. The van der Waals surface area contributed by atoms with E-state index in [1.54, 1.807) is 4.90 Å². The molecular weight excluding hydrogens is 408 g/mol. The Morgan fingerprint density at radius 3 is 2.69 bits per heavy atom. The van der Waals surface area contributed by atoms with Crippen LogP contribution in [0, 0.1) is 0 Å². The summed E-state index contributed by atoms with van der Waals surface area (Å²) in [5.41, 5.74) is 10.8. The van der Waals surface area contributed by atoms with E-state index in [4.69, 9.17) is 5.73 Å². The maximum Gasteiger partial charge on any atom is 0.255 e. The van der Waals surface area contributed by atoms with Gasteiger partial charge >= 0.3 is 0 Å². The maximum atomic E-state index is 12.9. The normalized spacial score (nSPS) is 22.3. The van der Waals surface area contributed by atoms with E-state index in [-0.39, 0.29) is 24.1 Å². The Morgan fingerprint density at radius 1 is 1.12 bits per heavy atom. The number of nitrogens with two attached hydrogens (primary N) is 1. The highest BCUT2D eigenvalue weighted by molar-refractivity contribution is 6.05. The lowest BCUT2D eigenvalue weighted by Gasteiger charge is -2.32. The first-order valence-electron chi connectivity index (χ1n) is 11.2. The summed E-state index contributed by atoms with van der Waals surface area (Å²) in [5, 5.41) is 9.42. The van der Waals surface area contributed by atoms with Gasteiger partial charge in [0.2, 0.25) is 11.8 Å². The third kappa shape index (κ3) is 3.82. The number of piperidine rings is 2. The van der Waals surface area contributed by atoms with Gasteiger partial charge in [0.05, 0.1) is 11.9 Å². The summed E-state index contributed by atoms with van der Waals surface area (Å²) < 4.78 is 0. The molecule has 2 saturated heterocycles. The van der Waals surface area contributed by atoms with E-state index in [2.05, 4.69) is 32.5 Å². The quantitative estimate of drug-likeness (QED) is 0.601. The molecule has 0 spiro atoms. The first-order chi connectivity index (χ1) is 15.5. The molecule has 32 heavy (non-hydrogen) atoms. The number of fused-ring (bicyclic) bond motifs is 1. The number of aromatic nitrogens is 2. The van der Waals surface area contributed by atoms with Crippen molar-refractivity contribution in [2.24, 2.45) is 5.73 Å². The Kier molecular flexibility index (Phi) is 5.52. The molecule has 4 heterocycles. The molecule has 1 aromatic heterocycles. The van der Waals surface area contributed by atoms with Gasteiger partial charge in [0.15, 0.2) is 0 Å². The van der Waals surface area contributed by atoms with Gasteiger partial charge in [0, 0.05) is 37.2 Å². The summed E-state index contributed by atoms with van der Waals surface area (Å²) in [5.74, 6) is -0.303. The first kappa shape index (κ1) is 20.8. The molecule has 2 fully saturated rings. The zero-order chi connectivity index (χ0) is 22.2. The molecule has 0 bridgehead atoms. The molecule has 3 amide bonds. The van der Waals surface area contributed by atoms with Crippen LogP contribution in [0.1, 0.15) is 64.3 Å². The molecule has 3 aliphatic heterocycles. The number of nitrogens with one attached hydrogen (secondary N) is 2. The maximum absolute atomic E-state index is 12.9. The Labute approximate surface area is 186 Å². The highest BCUT2D eigenvalue weighted by atomic mass is 16.2. The van der Waals surface area contributed by atoms with Crippen LogP contribution < -0.4 is 11.1 Å². The lowest BCUT2D eigenvalue weighted by Crippen LogP contribution is -2.52. The summed E-state index contributed by atoms with van der Waals surface area (Å²) in [6.45, 7) is 3.75. The van der Waals surface area contributed by atoms with Gasteiger partial charge in [-0.2, -0.15) is 5.10 Å². The number of aromatic amines is 1. The zero-order valence-electron chi connectivity index (χ0n) is 18.0. The van der Waals surface area contributed by atoms with Crippen molar-refractivity contribution in [2.75, 3.05) is 13.1 Å². The van der Waals surface area contributed by atoms with Crippen LogP contribution in [0.3, 0.4) is 0 Å². The molecule has 168 valence electrons. The van der Waals surface area contributed by atoms with E-state index in [1.165, 1.54) is 5.56 Å². The Bertz CT molecular complexity index is 1060. The van der Waals surface area contributed by atoms with Crippen LogP contribution in [0.4, 0.5) is 0 Å². The van der Waals surface area contributed by atoms with E-state index < -0.39 is 6.04 Å². The molecule has 1 aromatic carbocycles. The summed E-state index contributed by atoms with van der Waals surface area (Å²) in [7, 11) is 0. The molecular formula is C23H28N6O3. The smallest absolute Gasteiger partial charge is 0.255 e. The lowest BCUT2D eigenvalue weighted by atomic mass is 9.87. The molecule has 3 aliphatic rings. The van der Waals surface area contributed by atoms with Crippen molar-refractivity contribution in [3.63, 3.8) is 0 Å². The first-order valence-corrected chi connectivity index (χ1v) is 11.2. The predicted molar refractivity (Wildman–Crippen MR) is 116 cm³/mol. The summed E-state index contributed by atoms with van der Waals surface area (Å²) in [6, 6.07) is 5.54. The lowest BCUT2D eigenvalue weighted by molar-refractivity contribution is -0.136. The standard InChI is InChI=1S/C23H28N6O3/c24-10-19-17(11-25-27-19)12-28-7-5-14(6-8-28)15-1-2-18-16(9-15)13-29(23(18)32)20-3-4-21(30)26-22(20)31/h1-2,9,11,14,20H,3-8,10,12-13,24H2,(H,25,27)(H,26,30,31). The molecule has 0 radical (unpaired) electrons. The number of carbonyl (C=O) groups is 3. The van der Waals surface area contributed by atoms with E-state index in [9.17, 15) is 14.4 Å². The SMILES string of the molecule is NCc1[nH]ncc1CN1CCC(c2ccc3c(c2)CN(C2CCC(=O)NC2=O)C3=O)CC1. The Hall–Kier alpha value is -3.04. The third-order valence-corrected chi connectivity index (χ3v) is 7.01. The number of H-pyrrole nitrogens is 1. The van der Waals surface area contributed by atoms with Crippen molar-refractivity contribution >= 4 is 17.7 Å². The average Bonchev–Trinajstić information content (AvgIpc) is 3.38. The molecule has 0 saturated carbocycles. The van der Waals surface area contributed by atoms with Crippen molar-refractivity contribution in [3.05, 3.63) is 52.3 Å². The second-order valence-electron chi connectivity index (χ2n) is 8.94. The molecule has 1 unspecified atom stereocenters. The average molecular weight is 437 g/mol. The summed E-state index contributed by atoms with van der Waals surface area (Å²) in [4.78, 5) is 40.6. The highest BCUT2D eigenvalue weighted by Gasteiger charge is 2.39. The molecule has 4 N–H and O–H groups in total. The largest absolute Gasteiger partial charge is 0.325 e. The van der Waals surface area contributed by atoms with Gasteiger partial charge in [-0.25, -0.2) is 0 Å². The van der Waals surface area contributed by atoms with Crippen LogP contribution in [0.25, 0.3) is 0 Å². The fourth-order valence-electron chi connectivity index (χ4n) is 5.16. The molecule has 9 heteroatoms. The van der Waals surface area contributed by atoms with E-state index >= 15 is 0 Å². The zero-order valence-corrected chi connectivity index (χ0v) is 18.0. The van der Waals surface area contributed by atoms with Crippen LogP contribution in [-0.2, 0) is 29.2 Å². The fraction of sp³-hybridized carbons (Fsp3) is 0.478. The van der Waals surface area contributed by atoms with Crippen LogP contribution in [0.5, 0.6) is 0 Å². The number of nitrogens with zero attached hydrogens (tertiary/aromatic N) is 3. The third-order valence-electron chi connectivity index (χ3n) is 7.01. The number of carbonyl (C=O) groups excluding carboxylic acids is 3. The van der Waals surface area contributed by atoms with Crippen LogP contribution in [0.2, 0.25) is 0 Å². The van der Waals surface area contributed by atoms with Gasteiger partial charge in [-0.1, -0.05) is 12.1 Å².